The molecule has 2 saturated heterocycles. The molecule has 2 heterocycles. The number of likely N-dealkylation sites (tertiary alicyclic amines) is 1. The normalized spacial score (nSPS) is 27.8. The van der Waals surface area contributed by atoms with Crippen molar-refractivity contribution in [1.82, 2.24) is 10.2 Å². The molecule has 0 aromatic heterocycles. The van der Waals surface area contributed by atoms with E-state index in [0.29, 0.717) is 23.4 Å². The molecule has 0 bridgehead atoms. The van der Waals surface area contributed by atoms with Crippen molar-refractivity contribution in [2.75, 3.05) is 26.7 Å². The number of halogens is 1. The standard InChI is InChI=1S/C16H21BrN2O2/c1-3-15-13-8-18-7-10(13)9-19(15)16(20)12-6-11(21-2)4-5-14(12)17/h4-6,10,13,15,18H,3,7-9H2,1-2H3. The van der Waals surface area contributed by atoms with Crippen LogP contribution in [-0.4, -0.2) is 43.6 Å². The molecule has 21 heavy (non-hydrogen) atoms. The Morgan fingerprint density at radius 3 is 3.00 bits per heavy atom. The summed E-state index contributed by atoms with van der Waals surface area (Å²) in [5, 5.41) is 3.45. The van der Waals surface area contributed by atoms with Crippen LogP contribution in [0.3, 0.4) is 0 Å². The van der Waals surface area contributed by atoms with E-state index in [0.717, 1.165) is 36.3 Å². The third kappa shape index (κ3) is 2.57. The Morgan fingerprint density at radius 1 is 1.48 bits per heavy atom. The molecule has 0 spiro atoms. The van der Waals surface area contributed by atoms with Gasteiger partial charge in [-0.2, -0.15) is 0 Å². The number of methoxy groups -OCH3 is 1. The SMILES string of the molecule is CCC1C2CNCC2CN1C(=O)c1cc(OC)ccc1Br. The van der Waals surface area contributed by atoms with Crippen LogP contribution in [0.4, 0.5) is 0 Å². The first-order valence-corrected chi connectivity index (χ1v) is 8.30. The van der Waals surface area contributed by atoms with E-state index in [2.05, 4.69) is 33.1 Å². The van der Waals surface area contributed by atoms with Crippen LogP contribution in [0.1, 0.15) is 23.7 Å². The molecule has 1 amide bonds. The Kier molecular flexibility index (Phi) is 4.22. The number of hydrogen-bond donors (Lipinski definition) is 1. The highest BCUT2D eigenvalue weighted by molar-refractivity contribution is 9.10. The summed E-state index contributed by atoms with van der Waals surface area (Å²) in [5.41, 5.74) is 0.695. The summed E-state index contributed by atoms with van der Waals surface area (Å²) in [6, 6.07) is 5.91. The van der Waals surface area contributed by atoms with Gasteiger partial charge in [-0.05, 0) is 52.4 Å². The second-order valence-corrected chi connectivity index (χ2v) is 6.72. The molecule has 3 rings (SSSR count). The Hall–Kier alpha value is -1.07. The zero-order valence-electron chi connectivity index (χ0n) is 12.4. The van der Waals surface area contributed by atoms with Gasteiger partial charge in [0, 0.05) is 30.1 Å². The Morgan fingerprint density at radius 2 is 2.29 bits per heavy atom. The topological polar surface area (TPSA) is 41.6 Å². The molecule has 3 atom stereocenters. The first kappa shape index (κ1) is 14.9. The van der Waals surface area contributed by atoms with E-state index in [4.69, 9.17) is 4.74 Å². The lowest BCUT2D eigenvalue weighted by molar-refractivity contribution is 0.0710. The van der Waals surface area contributed by atoms with Crippen LogP contribution in [0, 0.1) is 11.8 Å². The molecule has 1 aromatic rings. The van der Waals surface area contributed by atoms with Crippen LogP contribution in [-0.2, 0) is 0 Å². The number of amides is 1. The summed E-state index contributed by atoms with van der Waals surface area (Å²) >= 11 is 3.50. The van der Waals surface area contributed by atoms with Crippen molar-refractivity contribution >= 4 is 21.8 Å². The minimum Gasteiger partial charge on any atom is -0.497 e. The van der Waals surface area contributed by atoms with Gasteiger partial charge in [0.25, 0.3) is 5.91 Å². The number of hydrogen-bond acceptors (Lipinski definition) is 3. The van der Waals surface area contributed by atoms with Gasteiger partial charge in [0.15, 0.2) is 0 Å². The van der Waals surface area contributed by atoms with Crippen LogP contribution in [0.2, 0.25) is 0 Å². The molecule has 1 N–H and O–H groups in total. The van der Waals surface area contributed by atoms with Gasteiger partial charge in [-0.15, -0.1) is 0 Å². The highest BCUT2D eigenvalue weighted by atomic mass is 79.9. The van der Waals surface area contributed by atoms with Gasteiger partial charge >= 0.3 is 0 Å². The molecule has 0 radical (unpaired) electrons. The number of rotatable bonds is 3. The lowest BCUT2D eigenvalue weighted by Gasteiger charge is -2.27. The molecular formula is C16H21BrN2O2. The largest absolute Gasteiger partial charge is 0.497 e. The smallest absolute Gasteiger partial charge is 0.255 e. The number of fused-ring (bicyclic) bond motifs is 1. The maximum absolute atomic E-state index is 13.0. The molecule has 2 aliphatic heterocycles. The predicted octanol–water partition coefficient (Wildman–Crippen LogP) is 2.53. The van der Waals surface area contributed by atoms with Crippen LogP contribution in [0.25, 0.3) is 0 Å². The number of carbonyl (C=O) groups excluding carboxylic acids is 1. The van der Waals surface area contributed by atoms with Crippen molar-refractivity contribution < 1.29 is 9.53 Å². The van der Waals surface area contributed by atoms with Crippen molar-refractivity contribution in [3.05, 3.63) is 28.2 Å². The summed E-state index contributed by atoms with van der Waals surface area (Å²) in [4.78, 5) is 15.0. The fourth-order valence-corrected chi connectivity index (χ4v) is 4.15. The highest BCUT2D eigenvalue weighted by Crippen LogP contribution is 2.36. The summed E-state index contributed by atoms with van der Waals surface area (Å²) < 4.78 is 6.08. The van der Waals surface area contributed by atoms with Crippen molar-refractivity contribution in [2.45, 2.75) is 19.4 Å². The Balaban J connectivity index is 1.88. The quantitative estimate of drug-likeness (QED) is 0.908. The van der Waals surface area contributed by atoms with Gasteiger partial charge in [0.05, 0.1) is 12.7 Å². The van der Waals surface area contributed by atoms with Crippen LogP contribution < -0.4 is 10.1 Å². The molecule has 2 aliphatic rings. The third-order valence-corrected chi connectivity index (χ3v) is 5.49. The number of nitrogens with one attached hydrogen (secondary N) is 1. The molecule has 0 aliphatic carbocycles. The average molecular weight is 353 g/mol. The lowest BCUT2D eigenvalue weighted by atomic mass is 9.93. The van der Waals surface area contributed by atoms with Crippen molar-refractivity contribution in [3.63, 3.8) is 0 Å². The number of ether oxygens (including phenoxy) is 1. The molecule has 3 unspecified atom stereocenters. The maximum Gasteiger partial charge on any atom is 0.255 e. The van der Waals surface area contributed by atoms with Crippen molar-refractivity contribution in [3.8, 4) is 5.75 Å². The summed E-state index contributed by atoms with van der Waals surface area (Å²) in [5.74, 6) is 2.03. The number of benzene rings is 1. The minimum atomic E-state index is 0.113. The van der Waals surface area contributed by atoms with E-state index >= 15 is 0 Å². The van der Waals surface area contributed by atoms with Gasteiger partial charge in [-0.3, -0.25) is 4.79 Å². The van der Waals surface area contributed by atoms with E-state index in [1.165, 1.54) is 0 Å². The van der Waals surface area contributed by atoms with Gasteiger partial charge in [0.2, 0.25) is 0 Å². The van der Waals surface area contributed by atoms with E-state index < -0.39 is 0 Å². The van der Waals surface area contributed by atoms with Gasteiger partial charge in [-0.1, -0.05) is 6.92 Å². The zero-order chi connectivity index (χ0) is 15.0. The third-order valence-electron chi connectivity index (χ3n) is 4.80. The number of nitrogens with zero attached hydrogens (tertiary/aromatic N) is 1. The van der Waals surface area contributed by atoms with E-state index in [9.17, 15) is 4.79 Å². The molecule has 5 heteroatoms. The van der Waals surface area contributed by atoms with Crippen molar-refractivity contribution in [2.24, 2.45) is 11.8 Å². The van der Waals surface area contributed by atoms with Crippen LogP contribution >= 0.6 is 15.9 Å². The summed E-state index contributed by atoms with van der Waals surface area (Å²) in [7, 11) is 1.62. The molecule has 4 nitrogen and oxygen atoms in total. The predicted molar refractivity (Wildman–Crippen MR) is 85.7 cm³/mol. The zero-order valence-corrected chi connectivity index (χ0v) is 14.0. The molecule has 2 fully saturated rings. The average Bonchev–Trinajstić information content (AvgIpc) is 3.07. The van der Waals surface area contributed by atoms with Crippen molar-refractivity contribution in [1.29, 1.82) is 0 Å². The lowest BCUT2D eigenvalue weighted by Crippen LogP contribution is -2.39. The first-order valence-electron chi connectivity index (χ1n) is 7.51. The van der Waals surface area contributed by atoms with E-state index in [-0.39, 0.29) is 5.91 Å². The van der Waals surface area contributed by atoms with Gasteiger partial charge in [0.1, 0.15) is 5.75 Å². The fraction of sp³-hybridized carbons (Fsp3) is 0.562. The monoisotopic (exact) mass is 352 g/mol. The van der Waals surface area contributed by atoms with Gasteiger partial charge < -0.3 is 15.0 Å². The van der Waals surface area contributed by atoms with Crippen LogP contribution in [0.5, 0.6) is 5.75 Å². The summed E-state index contributed by atoms with van der Waals surface area (Å²) in [6.45, 7) is 5.10. The molecule has 114 valence electrons. The Bertz CT molecular complexity index is 549. The second kappa shape index (κ2) is 5.97. The maximum atomic E-state index is 13.0. The highest BCUT2D eigenvalue weighted by Gasteiger charge is 2.45. The van der Waals surface area contributed by atoms with E-state index in [1.807, 2.05) is 18.2 Å². The molecule has 1 aromatic carbocycles. The molecule has 0 saturated carbocycles. The van der Waals surface area contributed by atoms with Crippen LogP contribution in [0.15, 0.2) is 22.7 Å². The Labute approximate surface area is 134 Å². The fourth-order valence-electron chi connectivity index (χ4n) is 3.73. The second-order valence-electron chi connectivity index (χ2n) is 5.86. The first-order chi connectivity index (χ1) is 10.2. The van der Waals surface area contributed by atoms with Gasteiger partial charge in [-0.25, -0.2) is 0 Å². The minimum absolute atomic E-state index is 0.113. The van der Waals surface area contributed by atoms with E-state index in [1.54, 1.807) is 7.11 Å². The number of carbonyl (C=O) groups is 1. The summed E-state index contributed by atoms with van der Waals surface area (Å²) in [6.07, 6.45) is 1.01. The molecular weight excluding hydrogens is 332 g/mol.